The molecule has 0 saturated carbocycles. The summed E-state index contributed by atoms with van der Waals surface area (Å²) in [6.45, 7) is 4.44. The van der Waals surface area contributed by atoms with Gasteiger partial charge in [0.25, 0.3) is 0 Å². The summed E-state index contributed by atoms with van der Waals surface area (Å²) in [6.07, 6.45) is 1.13. The molecule has 1 aromatic heterocycles. The Balaban J connectivity index is 1.88. The van der Waals surface area contributed by atoms with Crippen LogP contribution >= 0.6 is 11.3 Å². The molecular weight excluding hydrogens is 222 g/mol. The maximum absolute atomic E-state index is 5.96. The Hall–Kier alpha value is -0.420. The van der Waals surface area contributed by atoms with Crippen molar-refractivity contribution >= 4 is 11.3 Å². The Morgan fingerprint density at radius 3 is 3.12 bits per heavy atom. The van der Waals surface area contributed by atoms with Gasteiger partial charge in [0, 0.05) is 18.6 Å². The Labute approximate surface area is 101 Å². The van der Waals surface area contributed by atoms with E-state index in [-0.39, 0.29) is 12.1 Å². The summed E-state index contributed by atoms with van der Waals surface area (Å²) in [7, 11) is 0. The highest BCUT2D eigenvalue weighted by atomic mass is 32.1. The summed E-state index contributed by atoms with van der Waals surface area (Å²) in [6, 6.07) is 2.11. The average molecular weight is 241 g/mol. The minimum atomic E-state index is 0.0202. The summed E-state index contributed by atoms with van der Waals surface area (Å²) in [5, 5.41) is 4.17. The molecule has 0 amide bonds. The van der Waals surface area contributed by atoms with Crippen LogP contribution < -0.4 is 5.73 Å². The van der Waals surface area contributed by atoms with Gasteiger partial charge in [-0.05, 0) is 35.7 Å². The Bertz CT molecular complexity index is 294. The van der Waals surface area contributed by atoms with E-state index >= 15 is 0 Å². The van der Waals surface area contributed by atoms with E-state index in [0.29, 0.717) is 5.92 Å². The third-order valence-corrected chi connectivity index (χ3v) is 3.59. The summed E-state index contributed by atoms with van der Waals surface area (Å²) in [4.78, 5) is 0. The van der Waals surface area contributed by atoms with Crippen molar-refractivity contribution in [2.45, 2.75) is 25.5 Å². The molecule has 3 unspecified atom stereocenters. The quantitative estimate of drug-likeness (QED) is 0.859. The van der Waals surface area contributed by atoms with Gasteiger partial charge in [-0.3, -0.25) is 0 Å². The maximum Gasteiger partial charge on any atom is 0.0981 e. The highest BCUT2D eigenvalue weighted by Crippen LogP contribution is 2.24. The van der Waals surface area contributed by atoms with E-state index in [1.165, 1.54) is 5.56 Å². The van der Waals surface area contributed by atoms with E-state index in [4.69, 9.17) is 15.2 Å². The molecule has 0 spiro atoms. The fourth-order valence-corrected chi connectivity index (χ4v) is 2.63. The zero-order valence-electron chi connectivity index (χ0n) is 9.59. The van der Waals surface area contributed by atoms with Gasteiger partial charge in [-0.2, -0.15) is 11.3 Å². The first-order chi connectivity index (χ1) is 7.77. The predicted molar refractivity (Wildman–Crippen MR) is 65.6 cm³/mol. The van der Waals surface area contributed by atoms with E-state index in [9.17, 15) is 0 Å². The van der Waals surface area contributed by atoms with E-state index in [1.54, 1.807) is 11.3 Å². The molecule has 0 aromatic carbocycles. The van der Waals surface area contributed by atoms with Gasteiger partial charge in [0.15, 0.2) is 0 Å². The number of hydrogen-bond donors (Lipinski definition) is 1. The van der Waals surface area contributed by atoms with Crippen LogP contribution in [0.25, 0.3) is 0 Å². The van der Waals surface area contributed by atoms with E-state index in [0.717, 1.165) is 26.2 Å². The molecule has 16 heavy (non-hydrogen) atoms. The van der Waals surface area contributed by atoms with Crippen molar-refractivity contribution in [1.29, 1.82) is 0 Å². The van der Waals surface area contributed by atoms with Gasteiger partial charge in [-0.25, -0.2) is 0 Å². The second kappa shape index (κ2) is 5.77. The van der Waals surface area contributed by atoms with Crippen LogP contribution in [-0.4, -0.2) is 25.9 Å². The third kappa shape index (κ3) is 3.04. The average Bonchev–Trinajstić information content (AvgIpc) is 2.88. The van der Waals surface area contributed by atoms with E-state index < -0.39 is 0 Å². The van der Waals surface area contributed by atoms with Gasteiger partial charge >= 0.3 is 0 Å². The number of thiophene rings is 1. The zero-order valence-corrected chi connectivity index (χ0v) is 10.4. The molecule has 4 heteroatoms. The lowest BCUT2D eigenvalue weighted by Crippen LogP contribution is -2.28. The molecular formula is C12H19NO2S. The van der Waals surface area contributed by atoms with Gasteiger partial charge in [-0.1, -0.05) is 0 Å². The van der Waals surface area contributed by atoms with Crippen molar-refractivity contribution in [1.82, 2.24) is 0 Å². The Morgan fingerprint density at radius 2 is 2.56 bits per heavy atom. The molecule has 0 radical (unpaired) electrons. The summed E-state index contributed by atoms with van der Waals surface area (Å²) in [5.41, 5.74) is 7.15. The van der Waals surface area contributed by atoms with Crippen molar-refractivity contribution in [2.75, 3.05) is 19.8 Å². The second-order valence-electron chi connectivity index (χ2n) is 4.40. The molecule has 90 valence electrons. The first-order valence-corrected chi connectivity index (χ1v) is 6.68. The molecule has 2 rings (SSSR count). The van der Waals surface area contributed by atoms with Crippen LogP contribution in [0.5, 0.6) is 0 Å². The van der Waals surface area contributed by atoms with Crippen LogP contribution in [0, 0.1) is 5.92 Å². The number of hydrogen-bond acceptors (Lipinski definition) is 4. The van der Waals surface area contributed by atoms with Crippen LogP contribution in [0.2, 0.25) is 0 Å². The molecule has 2 N–H and O–H groups in total. The topological polar surface area (TPSA) is 44.5 Å². The van der Waals surface area contributed by atoms with Crippen LogP contribution in [0.3, 0.4) is 0 Å². The molecule has 0 aliphatic carbocycles. The van der Waals surface area contributed by atoms with Gasteiger partial charge in [0.05, 0.1) is 19.3 Å². The molecule has 3 atom stereocenters. The normalized spacial score (nSPS) is 24.5. The molecule has 2 heterocycles. The van der Waals surface area contributed by atoms with Crippen molar-refractivity contribution < 1.29 is 9.47 Å². The lowest BCUT2D eigenvalue weighted by atomic mass is 10.1. The van der Waals surface area contributed by atoms with Gasteiger partial charge in [-0.15, -0.1) is 0 Å². The minimum absolute atomic E-state index is 0.0202. The Kier molecular flexibility index (Phi) is 4.35. The van der Waals surface area contributed by atoms with Crippen molar-refractivity contribution in [3.8, 4) is 0 Å². The molecule has 1 aliphatic heterocycles. The van der Waals surface area contributed by atoms with Gasteiger partial charge in [0.2, 0.25) is 0 Å². The monoisotopic (exact) mass is 241 g/mol. The number of nitrogens with two attached hydrogens (primary N) is 1. The fraction of sp³-hybridized carbons (Fsp3) is 0.667. The lowest BCUT2D eigenvalue weighted by molar-refractivity contribution is 0.0137. The van der Waals surface area contributed by atoms with Crippen molar-refractivity contribution in [2.24, 2.45) is 11.7 Å². The molecule has 1 saturated heterocycles. The van der Waals surface area contributed by atoms with E-state index in [1.807, 2.05) is 6.92 Å². The highest BCUT2D eigenvalue weighted by molar-refractivity contribution is 7.07. The van der Waals surface area contributed by atoms with Crippen LogP contribution in [0.1, 0.15) is 25.0 Å². The zero-order chi connectivity index (χ0) is 11.4. The smallest absolute Gasteiger partial charge is 0.0981 e. The van der Waals surface area contributed by atoms with Crippen molar-refractivity contribution in [3.63, 3.8) is 0 Å². The first kappa shape index (κ1) is 12.0. The number of rotatable bonds is 5. The predicted octanol–water partition coefficient (Wildman–Crippen LogP) is 2.19. The van der Waals surface area contributed by atoms with Crippen LogP contribution in [-0.2, 0) is 9.47 Å². The summed E-state index contributed by atoms with van der Waals surface area (Å²) >= 11 is 1.68. The van der Waals surface area contributed by atoms with E-state index in [2.05, 4.69) is 16.8 Å². The standard InChI is InChI=1S/C12H19NO2S/c1-9(13)12(11-3-5-16-8-11)15-7-10-2-4-14-6-10/h3,5,8-10,12H,2,4,6-7,13H2,1H3. The maximum atomic E-state index is 5.96. The SMILES string of the molecule is CC(N)C(OCC1CCOC1)c1ccsc1. The van der Waals surface area contributed by atoms with Gasteiger partial charge in [0.1, 0.15) is 0 Å². The second-order valence-corrected chi connectivity index (χ2v) is 5.18. The fourth-order valence-electron chi connectivity index (χ4n) is 1.94. The molecule has 1 aliphatic rings. The molecule has 1 fully saturated rings. The van der Waals surface area contributed by atoms with Crippen molar-refractivity contribution in [3.05, 3.63) is 22.4 Å². The molecule has 1 aromatic rings. The minimum Gasteiger partial charge on any atom is -0.381 e. The van der Waals surface area contributed by atoms with Crippen LogP contribution in [0.4, 0.5) is 0 Å². The lowest BCUT2D eigenvalue weighted by Gasteiger charge is -2.22. The number of ether oxygens (including phenoxy) is 2. The Morgan fingerprint density at radius 1 is 1.69 bits per heavy atom. The summed E-state index contributed by atoms with van der Waals surface area (Å²) in [5.74, 6) is 0.542. The highest BCUT2D eigenvalue weighted by Gasteiger charge is 2.21. The molecule has 3 nitrogen and oxygen atoms in total. The third-order valence-electron chi connectivity index (χ3n) is 2.88. The molecule has 0 bridgehead atoms. The van der Waals surface area contributed by atoms with Gasteiger partial charge < -0.3 is 15.2 Å². The first-order valence-electron chi connectivity index (χ1n) is 5.74. The van der Waals surface area contributed by atoms with Crippen LogP contribution in [0.15, 0.2) is 16.8 Å². The summed E-state index contributed by atoms with van der Waals surface area (Å²) < 4.78 is 11.3. The largest absolute Gasteiger partial charge is 0.381 e.